The predicted octanol–water partition coefficient (Wildman–Crippen LogP) is 4.92. The Hall–Kier alpha value is -3.52. The van der Waals surface area contributed by atoms with Crippen LogP contribution in [0.2, 0.25) is 0 Å². The zero-order valence-electron chi connectivity index (χ0n) is 17.8. The summed E-state index contributed by atoms with van der Waals surface area (Å²) in [5.41, 5.74) is 2.35. The highest BCUT2D eigenvalue weighted by Gasteiger charge is 2.11. The number of thiazole rings is 1. The summed E-state index contributed by atoms with van der Waals surface area (Å²) >= 11 is 1.32. The molecule has 166 valence electrons. The maximum absolute atomic E-state index is 12.3. The molecule has 3 rings (SSSR count). The lowest BCUT2D eigenvalue weighted by Crippen LogP contribution is -2.13. The number of aryl methyl sites for hydroxylation is 1. The zero-order valence-corrected chi connectivity index (χ0v) is 18.6. The molecule has 0 saturated heterocycles. The molecule has 0 aliphatic heterocycles. The molecule has 2 N–H and O–H groups in total. The first-order chi connectivity index (χ1) is 15.5. The smallest absolute Gasteiger partial charge is 0.338 e. The van der Waals surface area contributed by atoms with Crippen molar-refractivity contribution in [2.45, 2.75) is 32.6 Å². The minimum absolute atomic E-state index is 0.161. The van der Waals surface area contributed by atoms with Crippen LogP contribution in [0.25, 0.3) is 0 Å². The Labute approximate surface area is 190 Å². The third-order valence-electron chi connectivity index (χ3n) is 4.55. The third-order valence-corrected chi connectivity index (χ3v) is 5.36. The van der Waals surface area contributed by atoms with Crippen molar-refractivity contribution in [1.82, 2.24) is 4.98 Å². The van der Waals surface area contributed by atoms with Crippen molar-refractivity contribution in [2.75, 3.05) is 17.2 Å². The topological polar surface area (TPSA) is 97.4 Å². The van der Waals surface area contributed by atoms with Crippen molar-refractivity contribution in [1.29, 1.82) is 0 Å². The van der Waals surface area contributed by atoms with Crippen LogP contribution in [0.15, 0.2) is 60.0 Å². The van der Waals surface area contributed by atoms with Crippen LogP contribution < -0.4 is 10.6 Å². The number of benzene rings is 2. The number of carbonyl (C=O) groups is 3. The van der Waals surface area contributed by atoms with E-state index in [1.165, 1.54) is 11.3 Å². The molecule has 7 nitrogen and oxygen atoms in total. The maximum atomic E-state index is 12.3. The number of nitrogens with zero attached hydrogens (tertiary/aromatic N) is 1. The van der Waals surface area contributed by atoms with Gasteiger partial charge in [0.1, 0.15) is 0 Å². The first-order valence-corrected chi connectivity index (χ1v) is 11.3. The van der Waals surface area contributed by atoms with Gasteiger partial charge in [-0.05, 0) is 49.2 Å². The number of carbonyl (C=O) groups excluding carboxylic acids is 3. The standard InChI is InChI=1S/C24H25N3O4S/c1-2-3-15-31-23(30)18-9-11-19(12-10-18)25-21(28)14-13-20-16-32-24(26-20)27-22(29)17-7-5-4-6-8-17/h4-12,16H,2-3,13-15H2,1H3,(H,25,28)(H,26,27,29). The molecule has 0 aliphatic rings. The summed E-state index contributed by atoms with van der Waals surface area (Å²) in [6.07, 6.45) is 2.49. The van der Waals surface area contributed by atoms with Crippen molar-refractivity contribution in [3.05, 3.63) is 76.8 Å². The van der Waals surface area contributed by atoms with Gasteiger partial charge in [-0.2, -0.15) is 0 Å². The summed E-state index contributed by atoms with van der Waals surface area (Å²) in [6, 6.07) is 15.5. The summed E-state index contributed by atoms with van der Waals surface area (Å²) < 4.78 is 5.17. The van der Waals surface area contributed by atoms with E-state index >= 15 is 0 Å². The maximum Gasteiger partial charge on any atom is 0.338 e. The normalized spacial score (nSPS) is 10.4. The van der Waals surface area contributed by atoms with Gasteiger partial charge in [0.25, 0.3) is 5.91 Å². The molecule has 0 unspecified atom stereocenters. The van der Waals surface area contributed by atoms with Gasteiger partial charge in [-0.15, -0.1) is 11.3 Å². The molecule has 32 heavy (non-hydrogen) atoms. The predicted molar refractivity (Wildman–Crippen MR) is 125 cm³/mol. The lowest BCUT2D eigenvalue weighted by Gasteiger charge is -2.07. The van der Waals surface area contributed by atoms with Crippen molar-refractivity contribution < 1.29 is 19.1 Å². The van der Waals surface area contributed by atoms with E-state index in [9.17, 15) is 14.4 Å². The zero-order chi connectivity index (χ0) is 22.8. The van der Waals surface area contributed by atoms with Crippen LogP contribution in [-0.2, 0) is 16.0 Å². The number of aromatic nitrogens is 1. The number of amides is 2. The molecular weight excluding hydrogens is 426 g/mol. The van der Waals surface area contributed by atoms with Crippen molar-refractivity contribution in [3.8, 4) is 0 Å². The highest BCUT2D eigenvalue weighted by atomic mass is 32.1. The molecular formula is C24H25N3O4S. The number of esters is 1. The fourth-order valence-electron chi connectivity index (χ4n) is 2.79. The van der Waals surface area contributed by atoms with Gasteiger partial charge in [0.2, 0.25) is 5.91 Å². The van der Waals surface area contributed by atoms with Gasteiger partial charge >= 0.3 is 5.97 Å². The van der Waals surface area contributed by atoms with Gasteiger partial charge < -0.3 is 10.1 Å². The van der Waals surface area contributed by atoms with Crippen molar-refractivity contribution >= 4 is 39.9 Å². The summed E-state index contributed by atoms with van der Waals surface area (Å²) in [5, 5.41) is 7.89. The first kappa shape index (κ1) is 23.1. The molecule has 8 heteroatoms. The summed E-state index contributed by atoms with van der Waals surface area (Å²) in [5.74, 6) is -0.747. The molecule has 0 atom stereocenters. The van der Waals surface area contributed by atoms with E-state index in [1.807, 2.05) is 18.4 Å². The lowest BCUT2D eigenvalue weighted by atomic mass is 10.2. The second-order valence-corrected chi connectivity index (χ2v) is 7.94. The number of rotatable bonds is 10. The summed E-state index contributed by atoms with van der Waals surface area (Å²) in [4.78, 5) is 40.7. The SMILES string of the molecule is CCCCOC(=O)c1ccc(NC(=O)CCc2csc(NC(=O)c3ccccc3)n2)cc1. The van der Waals surface area contributed by atoms with Crippen LogP contribution in [-0.4, -0.2) is 29.4 Å². The average molecular weight is 452 g/mol. The van der Waals surface area contributed by atoms with E-state index in [0.717, 1.165) is 18.5 Å². The number of unbranched alkanes of at least 4 members (excludes halogenated alkanes) is 1. The number of ether oxygens (including phenoxy) is 1. The largest absolute Gasteiger partial charge is 0.462 e. The molecule has 0 bridgehead atoms. The molecule has 1 aromatic heterocycles. The van der Waals surface area contributed by atoms with Gasteiger partial charge in [-0.3, -0.25) is 14.9 Å². The van der Waals surface area contributed by atoms with E-state index < -0.39 is 0 Å². The van der Waals surface area contributed by atoms with Crippen LogP contribution in [0.1, 0.15) is 52.6 Å². The minimum atomic E-state index is -0.366. The second-order valence-electron chi connectivity index (χ2n) is 7.08. The number of nitrogens with one attached hydrogen (secondary N) is 2. The van der Waals surface area contributed by atoms with Crippen LogP contribution >= 0.6 is 11.3 Å². The Morgan fingerprint density at radius 2 is 1.72 bits per heavy atom. The molecule has 0 saturated carbocycles. The quantitative estimate of drug-likeness (QED) is 0.337. The molecule has 0 fully saturated rings. The highest BCUT2D eigenvalue weighted by Crippen LogP contribution is 2.18. The van der Waals surface area contributed by atoms with Gasteiger partial charge in [0.05, 0.1) is 17.9 Å². The Morgan fingerprint density at radius 1 is 0.969 bits per heavy atom. The average Bonchev–Trinajstić information content (AvgIpc) is 3.26. The van der Waals surface area contributed by atoms with Crippen LogP contribution in [0.3, 0.4) is 0 Å². The monoisotopic (exact) mass is 451 g/mol. The lowest BCUT2D eigenvalue weighted by molar-refractivity contribution is -0.116. The number of hydrogen-bond acceptors (Lipinski definition) is 6. The van der Waals surface area contributed by atoms with Gasteiger partial charge in [-0.1, -0.05) is 31.5 Å². The molecule has 0 aliphatic carbocycles. The van der Waals surface area contributed by atoms with Crippen LogP contribution in [0, 0.1) is 0 Å². The van der Waals surface area contributed by atoms with Gasteiger partial charge in [0, 0.05) is 23.1 Å². The Bertz CT molecular complexity index is 1050. The Balaban J connectivity index is 1.44. The highest BCUT2D eigenvalue weighted by molar-refractivity contribution is 7.14. The number of hydrogen-bond donors (Lipinski definition) is 2. The molecule has 1 heterocycles. The van der Waals surface area contributed by atoms with E-state index in [0.29, 0.717) is 35.0 Å². The molecule has 0 spiro atoms. The van der Waals surface area contributed by atoms with Crippen molar-refractivity contribution in [3.63, 3.8) is 0 Å². The Morgan fingerprint density at radius 3 is 2.44 bits per heavy atom. The van der Waals surface area contributed by atoms with E-state index in [4.69, 9.17) is 4.74 Å². The first-order valence-electron chi connectivity index (χ1n) is 10.4. The fraction of sp³-hybridized carbons (Fsp3) is 0.250. The third kappa shape index (κ3) is 7.02. The van der Waals surface area contributed by atoms with E-state index in [2.05, 4.69) is 15.6 Å². The second kappa shape index (κ2) is 11.8. The molecule has 3 aromatic rings. The fourth-order valence-corrected chi connectivity index (χ4v) is 3.53. The Kier molecular flexibility index (Phi) is 8.51. The van der Waals surface area contributed by atoms with E-state index in [1.54, 1.807) is 48.5 Å². The van der Waals surface area contributed by atoms with Gasteiger partial charge in [0.15, 0.2) is 5.13 Å². The van der Waals surface area contributed by atoms with Crippen molar-refractivity contribution in [2.24, 2.45) is 0 Å². The minimum Gasteiger partial charge on any atom is -0.462 e. The van der Waals surface area contributed by atoms with Crippen LogP contribution in [0.5, 0.6) is 0 Å². The summed E-state index contributed by atoms with van der Waals surface area (Å²) in [6.45, 7) is 2.44. The number of anilines is 2. The molecule has 2 aromatic carbocycles. The van der Waals surface area contributed by atoms with Crippen LogP contribution in [0.4, 0.5) is 10.8 Å². The van der Waals surface area contributed by atoms with E-state index in [-0.39, 0.29) is 24.2 Å². The molecule has 0 radical (unpaired) electrons. The molecule has 2 amide bonds. The summed E-state index contributed by atoms with van der Waals surface area (Å²) in [7, 11) is 0. The van der Waals surface area contributed by atoms with Gasteiger partial charge in [-0.25, -0.2) is 9.78 Å².